The molecule has 0 bridgehead atoms. The fourth-order valence-electron chi connectivity index (χ4n) is 4.66. The van der Waals surface area contributed by atoms with Gasteiger partial charge in [0.2, 0.25) is 5.88 Å². The molecule has 1 fully saturated rings. The quantitative estimate of drug-likeness (QED) is 0.526. The number of nitriles is 1. The summed E-state index contributed by atoms with van der Waals surface area (Å²) in [6.07, 6.45) is 10.9. The molecule has 9 nitrogen and oxygen atoms in total. The molecule has 1 N–H and O–H groups in total. The van der Waals surface area contributed by atoms with E-state index in [1.54, 1.807) is 6.20 Å². The molecule has 4 heterocycles. The smallest absolute Gasteiger partial charge is 0.232 e. The molecule has 0 saturated heterocycles. The summed E-state index contributed by atoms with van der Waals surface area (Å²) in [6.45, 7) is 2.83. The van der Waals surface area contributed by atoms with Crippen molar-refractivity contribution in [2.75, 3.05) is 6.61 Å². The maximum atomic E-state index is 8.80. The normalized spacial score (nSPS) is 21.3. The maximum absolute atomic E-state index is 8.80. The summed E-state index contributed by atoms with van der Waals surface area (Å²) in [5, 5.41) is 17.7. The highest BCUT2D eigenvalue weighted by Crippen LogP contribution is 2.45. The van der Waals surface area contributed by atoms with Crippen molar-refractivity contribution in [1.82, 2.24) is 34.5 Å². The first-order valence-corrected chi connectivity index (χ1v) is 10.3. The molecule has 0 radical (unpaired) electrons. The minimum Gasteiger partial charge on any atom is -0.477 e. The Kier molecular flexibility index (Phi) is 4.75. The van der Waals surface area contributed by atoms with Gasteiger partial charge in [-0.05, 0) is 37.2 Å². The van der Waals surface area contributed by atoms with Crippen LogP contribution < -0.4 is 4.74 Å². The first-order valence-electron chi connectivity index (χ1n) is 10.3. The van der Waals surface area contributed by atoms with E-state index in [9.17, 15) is 0 Å². The summed E-state index contributed by atoms with van der Waals surface area (Å²) in [4.78, 5) is 15.7. The van der Waals surface area contributed by atoms with E-state index in [-0.39, 0.29) is 0 Å². The molecule has 5 rings (SSSR count). The molecule has 4 aromatic heterocycles. The van der Waals surface area contributed by atoms with Gasteiger partial charge in [0, 0.05) is 12.1 Å². The molecular weight excluding hydrogens is 380 g/mol. The van der Waals surface area contributed by atoms with Crippen LogP contribution in [0.15, 0.2) is 30.9 Å². The highest BCUT2D eigenvalue weighted by Gasteiger charge is 2.37. The number of ether oxygens (including phenoxy) is 1. The van der Waals surface area contributed by atoms with Gasteiger partial charge in [0.25, 0.3) is 0 Å². The van der Waals surface area contributed by atoms with Crippen LogP contribution in [0, 0.1) is 23.2 Å². The van der Waals surface area contributed by atoms with Crippen molar-refractivity contribution >= 4 is 16.8 Å². The third-order valence-electron chi connectivity index (χ3n) is 6.13. The number of H-pyrrole nitrogens is 1. The fraction of sp³-hybridized carbons (Fsp3) is 0.429. The fourth-order valence-corrected chi connectivity index (χ4v) is 4.66. The highest BCUT2D eigenvalue weighted by atomic mass is 16.5. The van der Waals surface area contributed by atoms with Gasteiger partial charge in [-0.15, -0.1) is 10.2 Å². The minimum absolute atomic E-state index is 0.291. The molecule has 0 unspecified atom stereocenters. The zero-order valence-electron chi connectivity index (χ0n) is 16.7. The number of aromatic nitrogens is 7. The lowest BCUT2D eigenvalue weighted by Crippen LogP contribution is -2.09. The first-order chi connectivity index (χ1) is 14.8. The molecule has 152 valence electrons. The Morgan fingerprint density at radius 1 is 1.20 bits per heavy atom. The van der Waals surface area contributed by atoms with E-state index >= 15 is 0 Å². The molecule has 0 spiro atoms. The minimum atomic E-state index is 0.291. The van der Waals surface area contributed by atoms with Gasteiger partial charge in [0.1, 0.15) is 11.9 Å². The Morgan fingerprint density at radius 3 is 2.93 bits per heavy atom. The molecule has 1 saturated carbocycles. The van der Waals surface area contributed by atoms with E-state index in [0.717, 1.165) is 48.3 Å². The second kappa shape index (κ2) is 7.71. The van der Waals surface area contributed by atoms with E-state index < -0.39 is 0 Å². The van der Waals surface area contributed by atoms with Gasteiger partial charge in [-0.3, -0.25) is 4.40 Å². The van der Waals surface area contributed by atoms with E-state index in [0.29, 0.717) is 35.9 Å². The molecule has 0 amide bonds. The maximum Gasteiger partial charge on any atom is 0.232 e. The third kappa shape index (κ3) is 3.24. The number of rotatable bonds is 6. The Labute approximate surface area is 173 Å². The van der Waals surface area contributed by atoms with E-state index in [1.807, 2.05) is 18.3 Å². The van der Waals surface area contributed by atoms with Gasteiger partial charge in [0.05, 0.1) is 30.7 Å². The van der Waals surface area contributed by atoms with Crippen LogP contribution in [0.4, 0.5) is 0 Å². The van der Waals surface area contributed by atoms with Gasteiger partial charge in [-0.25, -0.2) is 15.0 Å². The van der Waals surface area contributed by atoms with Gasteiger partial charge in [-0.1, -0.05) is 13.3 Å². The largest absolute Gasteiger partial charge is 0.477 e. The molecular formula is C21H22N8O. The predicted octanol–water partition coefficient (Wildman–Crippen LogP) is 3.26. The van der Waals surface area contributed by atoms with Crippen molar-refractivity contribution in [2.45, 2.75) is 38.5 Å². The zero-order valence-corrected chi connectivity index (χ0v) is 16.7. The second-order valence-electron chi connectivity index (χ2n) is 7.82. The standard InChI is InChI=1S/C21H22N8O/c1-2-14-7-13(4-6-30-19-12-24-15(9-22)10-25-19)8-16(14)21-28-27-18-11-26-20-17(29(18)21)3-5-23-20/h3,5,10-14,16,23H,2,4,6-8H2,1H3/t13-,14+,16-/m1/s1. The van der Waals surface area contributed by atoms with Crippen LogP contribution in [0.5, 0.6) is 5.88 Å². The molecule has 3 atom stereocenters. The Bertz CT molecular complexity index is 1210. The van der Waals surface area contributed by atoms with E-state index in [1.165, 1.54) is 12.4 Å². The van der Waals surface area contributed by atoms with Gasteiger partial charge in [0.15, 0.2) is 17.0 Å². The average molecular weight is 402 g/mol. The van der Waals surface area contributed by atoms with E-state index in [2.05, 4.69) is 41.5 Å². The Morgan fingerprint density at radius 2 is 2.13 bits per heavy atom. The average Bonchev–Trinajstić information content (AvgIpc) is 3.50. The van der Waals surface area contributed by atoms with E-state index in [4.69, 9.17) is 10.00 Å². The number of nitrogens with zero attached hydrogens (tertiary/aromatic N) is 7. The van der Waals surface area contributed by atoms with Crippen molar-refractivity contribution in [3.05, 3.63) is 42.4 Å². The summed E-state index contributed by atoms with van der Waals surface area (Å²) < 4.78 is 7.90. The monoisotopic (exact) mass is 402 g/mol. The van der Waals surface area contributed by atoms with Gasteiger partial charge in [-0.2, -0.15) is 5.26 Å². The van der Waals surface area contributed by atoms with Crippen LogP contribution in [-0.2, 0) is 0 Å². The molecule has 0 aromatic carbocycles. The third-order valence-corrected chi connectivity index (χ3v) is 6.13. The zero-order chi connectivity index (χ0) is 20.5. The summed E-state index contributed by atoms with van der Waals surface area (Å²) in [5.41, 5.74) is 2.95. The molecule has 0 aliphatic heterocycles. The van der Waals surface area contributed by atoms with Crippen molar-refractivity contribution in [2.24, 2.45) is 11.8 Å². The molecule has 30 heavy (non-hydrogen) atoms. The Hall–Kier alpha value is -3.54. The van der Waals surface area contributed by atoms with Crippen molar-refractivity contribution in [3.63, 3.8) is 0 Å². The van der Waals surface area contributed by atoms with Crippen LogP contribution in [0.2, 0.25) is 0 Å². The van der Waals surface area contributed by atoms with Crippen LogP contribution in [0.1, 0.15) is 50.0 Å². The summed E-state index contributed by atoms with van der Waals surface area (Å²) in [7, 11) is 0. The number of hydrogen-bond donors (Lipinski definition) is 1. The van der Waals surface area contributed by atoms with Crippen molar-refractivity contribution < 1.29 is 4.74 Å². The number of hydrogen-bond acceptors (Lipinski definition) is 7. The topological polar surface area (TPSA) is 118 Å². The van der Waals surface area contributed by atoms with Crippen LogP contribution in [0.3, 0.4) is 0 Å². The second-order valence-corrected chi connectivity index (χ2v) is 7.82. The number of fused-ring (bicyclic) bond motifs is 3. The number of nitrogens with one attached hydrogen (secondary N) is 1. The van der Waals surface area contributed by atoms with Crippen molar-refractivity contribution in [1.29, 1.82) is 5.26 Å². The first kappa shape index (κ1) is 18.5. The molecule has 1 aliphatic rings. The van der Waals surface area contributed by atoms with Gasteiger partial charge < -0.3 is 9.72 Å². The molecule has 9 heteroatoms. The highest BCUT2D eigenvalue weighted by molar-refractivity contribution is 5.74. The lowest BCUT2D eigenvalue weighted by Gasteiger charge is -2.16. The number of aromatic amines is 1. The lowest BCUT2D eigenvalue weighted by atomic mass is 9.93. The van der Waals surface area contributed by atoms with Crippen molar-refractivity contribution in [3.8, 4) is 11.9 Å². The molecule has 1 aliphatic carbocycles. The van der Waals surface area contributed by atoms with Crippen LogP contribution >= 0.6 is 0 Å². The molecule has 4 aromatic rings. The lowest BCUT2D eigenvalue weighted by molar-refractivity contribution is 0.266. The van der Waals surface area contributed by atoms with Crippen LogP contribution in [-0.4, -0.2) is 41.1 Å². The summed E-state index contributed by atoms with van der Waals surface area (Å²) >= 11 is 0. The SMILES string of the molecule is CC[C@H]1C[C@@H](CCOc2cnc(C#N)cn2)C[C@H]1c1nnc2cnc3[nH]ccc3n12. The summed E-state index contributed by atoms with van der Waals surface area (Å²) in [6, 6.07) is 3.99. The Balaban J connectivity index is 1.30. The van der Waals surface area contributed by atoms with Gasteiger partial charge >= 0.3 is 0 Å². The van der Waals surface area contributed by atoms with Crippen LogP contribution in [0.25, 0.3) is 16.8 Å². The predicted molar refractivity (Wildman–Crippen MR) is 109 cm³/mol. The summed E-state index contributed by atoms with van der Waals surface area (Å²) in [5.74, 6) is 2.98.